The van der Waals surface area contributed by atoms with Crippen molar-refractivity contribution in [2.24, 2.45) is 5.73 Å². The minimum atomic E-state index is -0.331. The molecule has 0 spiro atoms. The number of benzene rings is 1. The first-order valence-corrected chi connectivity index (χ1v) is 4.31. The molecule has 0 radical (unpaired) electrons. The summed E-state index contributed by atoms with van der Waals surface area (Å²) in [7, 11) is 1.35. The SMILES string of the molecule is COC(=O)C[C@@H](N)c1ccc(N)cc1. The first kappa shape index (κ1) is 10.5. The Labute approximate surface area is 82.8 Å². The van der Waals surface area contributed by atoms with E-state index >= 15 is 0 Å². The minimum Gasteiger partial charge on any atom is -0.469 e. The number of carbonyl (C=O) groups is 1. The Hall–Kier alpha value is -1.55. The van der Waals surface area contributed by atoms with E-state index in [0.29, 0.717) is 5.69 Å². The van der Waals surface area contributed by atoms with E-state index in [2.05, 4.69) is 4.74 Å². The Bertz CT molecular complexity index is 308. The van der Waals surface area contributed by atoms with E-state index in [9.17, 15) is 4.79 Å². The molecular weight excluding hydrogens is 180 g/mol. The molecule has 0 fully saturated rings. The maximum atomic E-state index is 10.9. The number of carbonyl (C=O) groups excluding carboxylic acids is 1. The summed E-state index contributed by atoms with van der Waals surface area (Å²) in [5, 5.41) is 0. The van der Waals surface area contributed by atoms with Crippen molar-refractivity contribution < 1.29 is 9.53 Å². The molecule has 0 unspecified atom stereocenters. The smallest absolute Gasteiger partial charge is 0.307 e. The van der Waals surface area contributed by atoms with Gasteiger partial charge >= 0.3 is 5.97 Å². The Kier molecular flexibility index (Phi) is 3.48. The summed E-state index contributed by atoms with van der Waals surface area (Å²) in [5.74, 6) is -0.311. The third kappa shape index (κ3) is 2.74. The molecule has 0 aliphatic heterocycles. The van der Waals surface area contributed by atoms with Crippen LogP contribution < -0.4 is 11.5 Å². The number of nitrogen functional groups attached to an aromatic ring is 1. The van der Waals surface area contributed by atoms with Crippen molar-refractivity contribution in [1.82, 2.24) is 0 Å². The summed E-state index contributed by atoms with van der Waals surface area (Å²) in [6.07, 6.45) is 0.181. The van der Waals surface area contributed by atoms with E-state index in [4.69, 9.17) is 11.5 Å². The number of rotatable bonds is 3. The zero-order chi connectivity index (χ0) is 10.6. The summed E-state index contributed by atoms with van der Waals surface area (Å²) in [5.41, 5.74) is 12.9. The zero-order valence-electron chi connectivity index (χ0n) is 8.07. The number of hydrogen-bond donors (Lipinski definition) is 2. The van der Waals surface area contributed by atoms with Gasteiger partial charge in [0.25, 0.3) is 0 Å². The van der Waals surface area contributed by atoms with Gasteiger partial charge < -0.3 is 16.2 Å². The van der Waals surface area contributed by atoms with Crippen LogP contribution in [0.2, 0.25) is 0 Å². The van der Waals surface area contributed by atoms with E-state index < -0.39 is 0 Å². The van der Waals surface area contributed by atoms with E-state index in [1.54, 1.807) is 12.1 Å². The van der Waals surface area contributed by atoms with E-state index in [1.807, 2.05) is 12.1 Å². The molecule has 1 atom stereocenters. The molecule has 0 aliphatic carbocycles. The van der Waals surface area contributed by atoms with Gasteiger partial charge in [-0.05, 0) is 17.7 Å². The summed E-state index contributed by atoms with van der Waals surface area (Å²) >= 11 is 0. The van der Waals surface area contributed by atoms with Gasteiger partial charge in [-0.3, -0.25) is 4.79 Å². The van der Waals surface area contributed by atoms with Gasteiger partial charge in [-0.2, -0.15) is 0 Å². The maximum Gasteiger partial charge on any atom is 0.307 e. The van der Waals surface area contributed by atoms with Gasteiger partial charge in [-0.25, -0.2) is 0 Å². The molecule has 1 rings (SSSR count). The molecule has 14 heavy (non-hydrogen) atoms. The predicted octanol–water partition coefficient (Wildman–Crippen LogP) is 0.832. The highest BCUT2D eigenvalue weighted by Gasteiger charge is 2.11. The van der Waals surface area contributed by atoms with Crippen molar-refractivity contribution in [2.75, 3.05) is 12.8 Å². The van der Waals surface area contributed by atoms with Crippen LogP contribution in [0, 0.1) is 0 Å². The van der Waals surface area contributed by atoms with Gasteiger partial charge in [-0.1, -0.05) is 12.1 Å². The molecule has 1 aromatic rings. The number of methoxy groups -OCH3 is 1. The van der Waals surface area contributed by atoms with Crippen molar-refractivity contribution >= 4 is 11.7 Å². The fraction of sp³-hybridized carbons (Fsp3) is 0.300. The highest BCUT2D eigenvalue weighted by molar-refractivity contribution is 5.70. The van der Waals surface area contributed by atoms with E-state index in [-0.39, 0.29) is 18.4 Å². The van der Waals surface area contributed by atoms with Crippen molar-refractivity contribution in [2.45, 2.75) is 12.5 Å². The Balaban J connectivity index is 2.65. The highest BCUT2D eigenvalue weighted by atomic mass is 16.5. The highest BCUT2D eigenvalue weighted by Crippen LogP contribution is 2.15. The molecule has 0 aliphatic rings. The number of esters is 1. The lowest BCUT2D eigenvalue weighted by Gasteiger charge is -2.10. The van der Waals surface area contributed by atoms with Crippen LogP contribution >= 0.6 is 0 Å². The molecule has 76 valence electrons. The van der Waals surface area contributed by atoms with Crippen molar-refractivity contribution in [3.8, 4) is 0 Å². The van der Waals surface area contributed by atoms with Crippen LogP contribution in [0.1, 0.15) is 18.0 Å². The standard InChI is InChI=1S/C10H14N2O2/c1-14-10(13)6-9(12)7-2-4-8(11)5-3-7/h2-5,9H,6,11-12H2,1H3/t9-/m1/s1. The fourth-order valence-corrected chi connectivity index (χ4v) is 1.12. The Morgan fingerprint density at radius 2 is 2.00 bits per heavy atom. The second-order valence-corrected chi connectivity index (χ2v) is 3.05. The molecule has 0 saturated carbocycles. The van der Waals surface area contributed by atoms with Crippen LogP contribution in [0.3, 0.4) is 0 Å². The molecule has 4 nitrogen and oxygen atoms in total. The second kappa shape index (κ2) is 4.62. The van der Waals surface area contributed by atoms with Crippen LogP contribution in [0.15, 0.2) is 24.3 Å². The summed E-state index contributed by atoms with van der Waals surface area (Å²) in [4.78, 5) is 10.9. The van der Waals surface area contributed by atoms with Gasteiger partial charge in [0.05, 0.1) is 13.5 Å². The topological polar surface area (TPSA) is 78.3 Å². The van der Waals surface area contributed by atoms with E-state index in [0.717, 1.165) is 5.56 Å². The molecule has 0 amide bonds. The lowest BCUT2D eigenvalue weighted by atomic mass is 10.0. The first-order valence-electron chi connectivity index (χ1n) is 4.31. The molecule has 4 heteroatoms. The minimum absolute atomic E-state index is 0.181. The van der Waals surface area contributed by atoms with Crippen LogP contribution in [0.5, 0.6) is 0 Å². The second-order valence-electron chi connectivity index (χ2n) is 3.05. The Morgan fingerprint density at radius 3 is 2.50 bits per heavy atom. The third-order valence-electron chi connectivity index (χ3n) is 1.98. The van der Waals surface area contributed by atoms with Crippen molar-refractivity contribution in [1.29, 1.82) is 0 Å². The lowest BCUT2D eigenvalue weighted by molar-refractivity contribution is -0.141. The molecule has 0 aromatic heterocycles. The van der Waals surface area contributed by atoms with E-state index in [1.165, 1.54) is 7.11 Å². The maximum absolute atomic E-state index is 10.9. The average molecular weight is 194 g/mol. The summed E-state index contributed by atoms with van der Waals surface area (Å²) in [6.45, 7) is 0. The monoisotopic (exact) mass is 194 g/mol. The normalized spacial score (nSPS) is 12.1. The summed E-state index contributed by atoms with van der Waals surface area (Å²) in [6, 6.07) is 6.80. The number of ether oxygens (including phenoxy) is 1. The van der Waals surface area contributed by atoms with Crippen LogP contribution in [0.25, 0.3) is 0 Å². The molecule has 0 heterocycles. The van der Waals surface area contributed by atoms with Crippen molar-refractivity contribution in [3.05, 3.63) is 29.8 Å². The average Bonchev–Trinajstić information content (AvgIpc) is 2.18. The lowest BCUT2D eigenvalue weighted by Crippen LogP contribution is -2.16. The number of nitrogens with two attached hydrogens (primary N) is 2. The van der Waals surface area contributed by atoms with Gasteiger partial charge in [-0.15, -0.1) is 0 Å². The molecule has 4 N–H and O–H groups in total. The molecule has 1 aromatic carbocycles. The first-order chi connectivity index (χ1) is 6.63. The van der Waals surface area contributed by atoms with Crippen LogP contribution in [-0.4, -0.2) is 13.1 Å². The van der Waals surface area contributed by atoms with Gasteiger partial charge in [0, 0.05) is 11.7 Å². The van der Waals surface area contributed by atoms with Crippen LogP contribution in [0.4, 0.5) is 5.69 Å². The summed E-state index contributed by atoms with van der Waals surface area (Å²) < 4.78 is 4.52. The molecular formula is C10H14N2O2. The van der Waals surface area contributed by atoms with Crippen molar-refractivity contribution in [3.63, 3.8) is 0 Å². The Morgan fingerprint density at radius 1 is 1.43 bits per heavy atom. The number of anilines is 1. The predicted molar refractivity (Wildman–Crippen MR) is 54.4 cm³/mol. The van der Waals surface area contributed by atoms with Gasteiger partial charge in [0.1, 0.15) is 0 Å². The zero-order valence-corrected chi connectivity index (χ0v) is 8.07. The van der Waals surface area contributed by atoms with Gasteiger partial charge in [0.15, 0.2) is 0 Å². The molecule has 0 saturated heterocycles. The van der Waals surface area contributed by atoms with Crippen LogP contribution in [-0.2, 0) is 9.53 Å². The quantitative estimate of drug-likeness (QED) is 0.552. The fourth-order valence-electron chi connectivity index (χ4n) is 1.12. The van der Waals surface area contributed by atoms with Gasteiger partial charge in [0.2, 0.25) is 0 Å². The number of hydrogen-bond acceptors (Lipinski definition) is 4. The largest absolute Gasteiger partial charge is 0.469 e. The third-order valence-corrected chi connectivity index (χ3v) is 1.98. The molecule has 0 bridgehead atoms.